The van der Waals surface area contributed by atoms with Crippen LogP contribution in [0.25, 0.3) is 16.7 Å². The number of nitrogens with zero attached hydrogens (tertiary/aromatic N) is 4. The van der Waals surface area contributed by atoms with Crippen LogP contribution < -0.4 is 21.8 Å². The normalized spacial score (nSPS) is 14.1. The van der Waals surface area contributed by atoms with Gasteiger partial charge in [-0.15, -0.1) is 0 Å². The molecule has 0 spiro atoms. The van der Waals surface area contributed by atoms with Crippen molar-refractivity contribution >= 4 is 40.4 Å². The lowest BCUT2D eigenvalue weighted by molar-refractivity contribution is 0.0205. The quantitative estimate of drug-likeness (QED) is 0.317. The second kappa shape index (κ2) is 11.3. The van der Waals surface area contributed by atoms with Gasteiger partial charge in [-0.3, -0.25) is 4.79 Å². The van der Waals surface area contributed by atoms with Crippen LogP contribution in [0.15, 0.2) is 71.9 Å². The molecule has 1 saturated heterocycles. The highest BCUT2D eigenvalue weighted by Crippen LogP contribution is 2.33. The Hall–Kier alpha value is -4.93. The first kappa shape index (κ1) is 27.6. The summed E-state index contributed by atoms with van der Waals surface area (Å²) in [4.78, 5) is 47.5. The number of likely N-dealkylation sites (tertiary alicyclic amines) is 1. The van der Waals surface area contributed by atoms with Crippen LogP contribution in [0.4, 0.5) is 26.8 Å². The molecule has 212 valence electrons. The number of aromatic nitrogens is 3. The van der Waals surface area contributed by atoms with Gasteiger partial charge in [-0.1, -0.05) is 18.2 Å². The highest BCUT2D eigenvalue weighted by atomic mass is 16.6. The van der Waals surface area contributed by atoms with Crippen LogP contribution >= 0.6 is 0 Å². The first-order chi connectivity index (χ1) is 19.6. The summed E-state index contributed by atoms with van der Waals surface area (Å²) in [5, 5.41) is 6.11. The summed E-state index contributed by atoms with van der Waals surface area (Å²) in [7, 11) is 0. The Kier molecular flexibility index (Phi) is 7.60. The molecule has 0 unspecified atom stereocenters. The summed E-state index contributed by atoms with van der Waals surface area (Å²) < 4.78 is 7.25. The van der Waals surface area contributed by atoms with E-state index in [-0.39, 0.29) is 34.7 Å². The number of carbonyl (C=O) groups is 2. The molecule has 5 rings (SSSR count). The molecule has 11 heteroatoms. The molecule has 4 N–H and O–H groups in total. The summed E-state index contributed by atoms with van der Waals surface area (Å²) in [6.45, 7) is 6.77. The lowest BCUT2D eigenvalue weighted by atomic mass is 9.88. The predicted octanol–water partition coefficient (Wildman–Crippen LogP) is 5.12. The fraction of sp³-hybridized carbons (Fsp3) is 0.300. The van der Waals surface area contributed by atoms with Gasteiger partial charge in [0.1, 0.15) is 23.1 Å². The van der Waals surface area contributed by atoms with Gasteiger partial charge in [-0.25, -0.2) is 19.6 Å². The van der Waals surface area contributed by atoms with E-state index in [1.807, 2.05) is 57.2 Å². The van der Waals surface area contributed by atoms with Crippen molar-refractivity contribution in [3.8, 4) is 5.69 Å². The number of nitrogen functional groups attached to an aromatic ring is 1. The van der Waals surface area contributed by atoms with Crippen molar-refractivity contribution in [2.24, 2.45) is 0 Å². The molecule has 11 nitrogen and oxygen atoms in total. The van der Waals surface area contributed by atoms with Gasteiger partial charge in [-0.2, -0.15) is 0 Å². The number of amides is 3. The number of rotatable bonds is 4. The highest BCUT2D eigenvalue weighted by Gasteiger charge is 2.28. The number of pyridine rings is 1. The van der Waals surface area contributed by atoms with Gasteiger partial charge in [0.25, 0.3) is 0 Å². The minimum Gasteiger partial charge on any atom is -0.444 e. The van der Waals surface area contributed by atoms with Crippen LogP contribution in [-0.4, -0.2) is 50.2 Å². The molecule has 4 aromatic rings. The zero-order valence-electron chi connectivity index (χ0n) is 23.3. The molecule has 1 aliphatic rings. The molecule has 2 aromatic carbocycles. The van der Waals surface area contributed by atoms with E-state index in [0.29, 0.717) is 24.4 Å². The number of carbonyl (C=O) groups excluding carboxylic acids is 2. The van der Waals surface area contributed by atoms with E-state index in [2.05, 4.69) is 20.6 Å². The van der Waals surface area contributed by atoms with Crippen molar-refractivity contribution in [2.75, 3.05) is 29.5 Å². The van der Waals surface area contributed by atoms with Crippen LogP contribution in [0.5, 0.6) is 0 Å². The average molecular weight is 556 g/mol. The van der Waals surface area contributed by atoms with E-state index >= 15 is 0 Å². The standard InChI is InChI=1S/C30H33N7O4/c1-30(2,3)41-29(40)36-15-12-19(13-16-36)22-6-4-5-7-23(22)35-28(39)34-20-8-10-21(11-9-20)37-17-14-24(38)25-26(31)32-18-33-27(25)37/h4-11,14,17-19H,12-13,15-16H2,1-3H3,(H2,31,32,33)(H2,34,35,39). The molecule has 41 heavy (non-hydrogen) atoms. The molecular weight excluding hydrogens is 522 g/mol. The molecule has 0 atom stereocenters. The van der Waals surface area contributed by atoms with Gasteiger partial charge in [0, 0.05) is 42.4 Å². The molecule has 3 amide bonds. The summed E-state index contributed by atoms with van der Waals surface area (Å²) in [6.07, 6.45) is 4.20. The molecule has 1 fully saturated rings. The number of urea groups is 1. The van der Waals surface area contributed by atoms with Crippen molar-refractivity contribution in [1.82, 2.24) is 19.4 Å². The Morgan fingerprint density at radius 1 is 0.976 bits per heavy atom. The summed E-state index contributed by atoms with van der Waals surface area (Å²) in [5.74, 6) is 0.327. The minimum absolute atomic E-state index is 0.123. The van der Waals surface area contributed by atoms with Gasteiger partial charge in [0.05, 0.1) is 0 Å². The number of hydrogen-bond donors (Lipinski definition) is 3. The van der Waals surface area contributed by atoms with Crippen LogP contribution in [-0.2, 0) is 4.74 Å². The van der Waals surface area contributed by atoms with E-state index in [0.717, 1.165) is 29.8 Å². The fourth-order valence-corrected chi connectivity index (χ4v) is 4.97. The second-order valence-electron chi connectivity index (χ2n) is 11.0. The molecule has 0 bridgehead atoms. The molecular formula is C30H33N7O4. The number of para-hydroxylation sites is 1. The van der Waals surface area contributed by atoms with Crippen molar-refractivity contribution in [1.29, 1.82) is 0 Å². The van der Waals surface area contributed by atoms with Crippen molar-refractivity contribution in [2.45, 2.75) is 45.1 Å². The lowest BCUT2D eigenvalue weighted by Gasteiger charge is -2.34. The Balaban J connectivity index is 1.24. The van der Waals surface area contributed by atoms with Gasteiger partial charge < -0.3 is 30.6 Å². The number of benzene rings is 2. The first-order valence-electron chi connectivity index (χ1n) is 13.5. The van der Waals surface area contributed by atoms with Crippen LogP contribution in [0.3, 0.4) is 0 Å². The average Bonchev–Trinajstić information content (AvgIpc) is 2.93. The maximum Gasteiger partial charge on any atom is 0.410 e. The monoisotopic (exact) mass is 555 g/mol. The van der Waals surface area contributed by atoms with E-state index < -0.39 is 5.60 Å². The third kappa shape index (κ3) is 6.29. The van der Waals surface area contributed by atoms with E-state index in [1.165, 1.54) is 12.4 Å². The largest absolute Gasteiger partial charge is 0.444 e. The summed E-state index contributed by atoms with van der Waals surface area (Å²) in [6, 6.07) is 15.9. The molecule has 0 saturated carbocycles. The van der Waals surface area contributed by atoms with Crippen LogP contribution in [0.1, 0.15) is 45.1 Å². The fourth-order valence-electron chi connectivity index (χ4n) is 4.97. The maximum atomic E-state index is 12.9. The topological polar surface area (TPSA) is 144 Å². The number of nitrogens with two attached hydrogens (primary N) is 1. The summed E-state index contributed by atoms with van der Waals surface area (Å²) in [5.41, 5.74) is 8.62. The highest BCUT2D eigenvalue weighted by molar-refractivity contribution is 6.00. The predicted molar refractivity (Wildman–Crippen MR) is 158 cm³/mol. The zero-order valence-corrected chi connectivity index (χ0v) is 23.3. The molecule has 3 heterocycles. The Labute approximate surface area is 237 Å². The second-order valence-corrected chi connectivity index (χ2v) is 11.0. The number of anilines is 3. The number of hydrogen-bond acceptors (Lipinski definition) is 7. The van der Waals surface area contributed by atoms with E-state index in [9.17, 15) is 14.4 Å². The van der Waals surface area contributed by atoms with Crippen molar-refractivity contribution in [3.63, 3.8) is 0 Å². The smallest absolute Gasteiger partial charge is 0.410 e. The summed E-state index contributed by atoms with van der Waals surface area (Å²) >= 11 is 0. The number of piperidine rings is 1. The third-order valence-corrected chi connectivity index (χ3v) is 6.90. The Bertz CT molecular complexity index is 1640. The van der Waals surface area contributed by atoms with E-state index in [4.69, 9.17) is 10.5 Å². The van der Waals surface area contributed by atoms with E-state index in [1.54, 1.807) is 27.8 Å². The number of fused-ring (bicyclic) bond motifs is 1. The maximum absolute atomic E-state index is 12.9. The van der Waals surface area contributed by atoms with Crippen molar-refractivity contribution < 1.29 is 14.3 Å². The third-order valence-electron chi connectivity index (χ3n) is 6.90. The Morgan fingerprint density at radius 2 is 1.68 bits per heavy atom. The van der Waals surface area contributed by atoms with Crippen molar-refractivity contribution in [3.05, 3.63) is 82.9 Å². The van der Waals surface area contributed by atoms with Gasteiger partial charge in [0.2, 0.25) is 0 Å². The SMILES string of the molecule is CC(C)(C)OC(=O)N1CCC(c2ccccc2NC(=O)Nc2ccc(-n3ccc(=O)c4c(N)ncnc43)cc2)CC1. The van der Waals surface area contributed by atoms with Gasteiger partial charge >= 0.3 is 12.1 Å². The Morgan fingerprint density at radius 3 is 2.39 bits per heavy atom. The number of nitrogens with one attached hydrogen (secondary N) is 2. The number of ether oxygens (including phenoxy) is 1. The molecule has 0 radical (unpaired) electrons. The van der Waals surface area contributed by atoms with Gasteiger partial charge in [0.15, 0.2) is 11.1 Å². The van der Waals surface area contributed by atoms with Gasteiger partial charge in [-0.05, 0) is 75.4 Å². The molecule has 1 aliphatic heterocycles. The van der Waals surface area contributed by atoms with Crippen LogP contribution in [0, 0.1) is 0 Å². The molecule has 0 aliphatic carbocycles. The minimum atomic E-state index is -0.530. The first-order valence-corrected chi connectivity index (χ1v) is 13.5. The zero-order chi connectivity index (χ0) is 29.1. The lowest BCUT2D eigenvalue weighted by Crippen LogP contribution is -2.41. The van der Waals surface area contributed by atoms with Crippen LogP contribution in [0.2, 0.25) is 0 Å². The molecule has 2 aromatic heterocycles.